The first kappa shape index (κ1) is 24.5. The molecular formula is C27H23N3O5S. The molecule has 36 heavy (non-hydrogen) atoms. The molecule has 0 heterocycles. The van der Waals surface area contributed by atoms with Gasteiger partial charge in [-0.05, 0) is 48.5 Å². The van der Waals surface area contributed by atoms with Gasteiger partial charge in [0.2, 0.25) is 9.84 Å². The van der Waals surface area contributed by atoms with Crippen LogP contribution in [-0.4, -0.2) is 27.2 Å². The summed E-state index contributed by atoms with van der Waals surface area (Å²) in [5.41, 5.74) is 0.606. The lowest BCUT2D eigenvalue weighted by Crippen LogP contribution is -2.44. The second-order valence-corrected chi connectivity index (χ2v) is 9.41. The van der Waals surface area contributed by atoms with E-state index in [1.165, 1.54) is 23.1 Å². The summed E-state index contributed by atoms with van der Waals surface area (Å²) < 4.78 is 32.1. The van der Waals surface area contributed by atoms with E-state index in [1.807, 2.05) is 0 Å². The largest absolute Gasteiger partial charge is 0.413 e. The number of ether oxygens (including phenoxy) is 1. The molecular weight excluding hydrogens is 478 g/mol. The fourth-order valence-electron chi connectivity index (χ4n) is 3.44. The Kier molecular flexibility index (Phi) is 7.62. The molecule has 0 aliphatic carbocycles. The van der Waals surface area contributed by atoms with Crippen LogP contribution in [0.3, 0.4) is 0 Å². The Bertz CT molecular complexity index is 1430. The van der Waals surface area contributed by atoms with E-state index in [0.717, 1.165) is 0 Å². The van der Waals surface area contributed by atoms with Crippen molar-refractivity contribution in [2.24, 2.45) is 0 Å². The van der Waals surface area contributed by atoms with Crippen molar-refractivity contribution in [2.45, 2.75) is 9.79 Å². The fraction of sp³-hybridized carbons (Fsp3) is 0.0370. The quantitative estimate of drug-likeness (QED) is 0.342. The van der Waals surface area contributed by atoms with Crippen molar-refractivity contribution in [2.75, 3.05) is 11.6 Å². The number of hydrogen-bond acceptors (Lipinski definition) is 5. The first-order valence-corrected chi connectivity index (χ1v) is 12.5. The molecule has 0 saturated carbocycles. The topological polar surface area (TPSA) is 105 Å². The minimum absolute atomic E-state index is 0.0355. The van der Waals surface area contributed by atoms with E-state index in [0.29, 0.717) is 11.4 Å². The molecule has 0 unspecified atom stereocenters. The number of sulfone groups is 1. The van der Waals surface area contributed by atoms with Gasteiger partial charge in [0.15, 0.2) is 0 Å². The molecule has 4 rings (SSSR count). The number of amides is 3. The molecule has 0 saturated heterocycles. The monoisotopic (exact) mass is 501 g/mol. The molecule has 182 valence electrons. The van der Waals surface area contributed by atoms with Gasteiger partial charge < -0.3 is 15.4 Å². The van der Waals surface area contributed by atoms with Crippen LogP contribution in [0.25, 0.3) is 0 Å². The van der Waals surface area contributed by atoms with Gasteiger partial charge in [-0.3, -0.25) is 4.90 Å². The maximum atomic E-state index is 13.5. The molecule has 2 N–H and O–H groups in total. The number of nitrogens with zero attached hydrogens (tertiary/aromatic N) is 1. The zero-order valence-electron chi connectivity index (χ0n) is 19.1. The minimum atomic E-state index is -3.94. The Hall–Kier alpha value is -4.63. The zero-order valence-corrected chi connectivity index (χ0v) is 19.9. The molecule has 4 aromatic carbocycles. The minimum Gasteiger partial charge on any atom is -0.410 e. The molecule has 0 radical (unpaired) electrons. The van der Waals surface area contributed by atoms with Crippen LogP contribution in [0.5, 0.6) is 5.75 Å². The third kappa shape index (κ3) is 5.70. The lowest BCUT2D eigenvalue weighted by atomic mass is 10.2. The van der Waals surface area contributed by atoms with Crippen LogP contribution in [0, 0.1) is 0 Å². The number of carbonyl (C=O) groups is 2. The zero-order chi connectivity index (χ0) is 25.4. The van der Waals surface area contributed by atoms with Gasteiger partial charge in [0, 0.05) is 0 Å². The van der Waals surface area contributed by atoms with E-state index < -0.39 is 22.0 Å². The van der Waals surface area contributed by atoms with E-state index in [9.17, 15) is 18.0 Å². The highest BCUT2D eigenvalue weighted by Crippen LogP contribution is 2.34. The number of para-hydroxylation sites is 3. The van der Waals surface area contributed by atoms with Gasteiger partial charge >= 0.3 is 12.1 Å². The van der Waals surface area contributed by atoms with Gasteiger partial charge in [-0.25, -0.2) is 18.0 Å². The molecule has 0 aliphatic heterocycles. The van der Waals surface area contributed by atoms with Crippen molar-refractivity contribution in [1.82, 2.24) is 10.6 Å². The van der Waals surface area contributed by atoms with E-state index >= 15 is 0 Å². The molecule has 0 fully saturated rings. The van der Waals surface area contributed by atoms with Crippen LogP contribution in [0.4, 0.5) is 21.0 Å². The van der Waals surface area contributed by atoms with Crippen LogP contribution in [0.1, 0.15) is 0 Å². The number of hydrogen-bond donors (Lipinski definition) is 2. The Labute approximate surface area is 209 Å². The number of nitrogens with one attached hydrogen (secondary N) is 2. The van der Waals surface area contributed by atoms with Crippen LogP contribution >= 0.6 is 0 Å². The van der Waals surface area contributed by atoms with Gasteiger partial charge in [0.05, 0.1) is 27.8 Å². The van der Waals surface area contributed by atoms with Crippen molar-refractivity contribution >= 4 is 33.3 Å². The summed E-state index contributed by atoms with van der Waals surface area (Å²) in [5.74, 6) is 0.354. The van der Waals surface area contributed by atoms with Crippen molar-refractivity contribution in [1.29, 1.82) is 0 Å². The Morgan fingerprint density at radius 1 is 0.694 bits per heavy atom. The summed E-state index contributed by atoms with van der Waals surface area (Å²) in [6.45, 7) is -0.249. The highest BCUT2D eigenvalue weighted by Gasteiger charge is 2.27. The lowest BCUT2D eigenvalue weighted by molar-refractivity contribution is 0.199. The predicted octanol–water partition coefficient (Wildman–Crippen LogP) is 5.11. The first-order valence-electron chi connectivity index (χ1n) is 11.0. The molecule has 4 aromatic rings. The molecule has 0 bridgehead atoms. The summed E-state index contributed by atoms with van der Waals surface area (Å²) in [6, 6.07) is 30.7. The van der Waals surface area contributed by atoms with E-state index in [-0.39, 0.29) is 22.1 Å². The van der Waals surface area contributed by atoms with Gasteiger partial charge in [-0.2, -0.15) is 0 Å². The first-order chi connectivity index (χ1) is 17.5. The SMILES string of the molecule is O=C(NCNC(=O)N(c1ccccc1)c1ccccc1S(=O)(=O)c1ccccc1)Oc1ccccc1. The number of carbonyl (C=O) groups excluding carboxylic acids is 2. The van der Waals surface area contributed by atoms with Crippen LogP contribution in [-0.2, 0) is 9.84 Å². The predicted molar refractivity (Wildman–Crippen MR) is 136 cm³/mol. The van der Waals surface area contributed by atoms with Crippen LogP contribution in [0.15, 0.2) is 125 Å². The Morgan fingerprint density at radius 2 is 1.25 bits per heavy atom. The average Bonchev–Trinajstić information content (AvgIpc) is 2.91. The van der Waals surface area contributed by atoms with Gasteiger partial charge in [0.25, 0.3) is 0 Å². The number of benzene rings is 4. The molecule has 9 heteroatoms. The summed E-state index contributed by atoms with van der Waals surface area (Å²) in [4.78, 5) is 26.7. The Balaban J connectivity index is 1.59. The van der Waals surface area contributed by atoms with E-state index in [4.69, 9.17) is 4.74 Å². The molecule has 0 aliphatic rings. The second-order valence-electron chi connectivity index (χ2n) is 7.49. The summed E-state index contributed by atoms with van der Waals surface area (Å²) in [6.07, 6.45) is -0.750. The molecule has 0 atom stereocenters. The number of urea groups is 1. The summed E-state index contributed by atoms with van der Waals surface area (Å²) in [5, 5.41) is 5.05. The second kappa shape index (κ2) is 11.2. The van der Waals surface area contributed by atoms with Gasteiger partial charge in [-0.1, -0.05) is 66.7 Å². The van der Waals surface area contributed by atoms with Gasteiger partial charge in [0.1, 0.15) is 5.75 Å². The van der Waals surface area contributed by atoms with Crippen molar-refractivity contribution in [3.05, 3.63) is 115 Å². The fourth-order valence-corrected chi connectivity index (χ4v) is 4.90. The number of rotatable bonds is 7. The van der Waals surface area contributed by atoms with Crippen molar-refractivity contribution in [3.63, 3.8) is 0 Å². The van der Waals surface area contributed by atoms with E-state index in [2.05, 4.69) is 10.6 Å². The van der Waals surface area contributed by atoms with Gasteiger partial charge in [-0.15, -0.1) is 0 Å². The smallest absolute Gasteiger partial charge is 0.410 e. The Morgan fingerprint density at radius 3 is 1.92 bits per heavy atom. The highest BCUT2D eigenvalue weighted by atomic mass is 32.2. The molecule has 0 aromatic heterocycles. The molecule has 3 amide bonds. The standard InChI is InChI=1S/C27H23N3O5S/c31-26(28-20-29-27(32)35-22-14-6-2-7-15-22)30(21-12-4-1-5-13-21)24-18-10-11-19-25(24)36(33,34)23-16-8-3-9-17-23/h1-19H,20H2,(H,28,31)(H,29,32). The summed E-state index contributed by atoms with van der Waals surface area (Å²) in [7, 11) is -3.94. The summed E-state index contributed by atoms with van der Waals surface area (Å²) >= 11 is 0. The lowest BCUT2D eigenvalue weighted by Gasteiger charge is -2.25. The maximum absolute atomic E-state index is 13.5. The van der Waals surface area contributed by atoms with Crippen molar-refractivity contribution in [3.8, 4) is 5.75 Å². The van der Waals surface area contributed by atoms with Crippen LogP contribution < -0.4 is 20.3 Å². The van der Waals surface area contributed by atoms with Crippen molar-refractivity contribution < 1.29 is 22.7 Å². The maximum Gasteiger partial charge on any atom is 0.413 e. The third-order valence-corrected chi connectivity index (χ3v) is 6.91. The van der Waals surface area contributed by atoms with Crippen LogP contribution in [0.2, 0.25) is 0 Å². The molecule has 8 nitrogen and oxygen atoms in total. The molecule has 0 spiro atoms. The number of anilines is 2. The average molecular weight is 502 g/mol. The normalized spacial score (nSPS) is 10.8. The highest BCUT2D eigenvalue weighted by molar-refractivity contribution is 7.91. The third-order valence-electron chi connectivity index (χ3n) is 5.09. The van der Waals surface area contributed by atoms with E-state index in [1.54, 1.807) is 97.1 Å².